The Morgan fingerprint density at radius 1 is 0.947 bits per heavy atom. The van der Waals surface area contributed by atoms with Crippen molar-refractivity contribution in [3.63, 3.8) is 0 Å². The molecular formula is C29H27Cl2FN4O2. The van der Waals surface area contributed by atoms with Crippen LogP contribution in [0, 0.1) is 12.7 Å². The number of benzene rings is 3. The molecule has 0 radical (unpaired) electrons. The topological polar surface area (TPSA) is 73.5 Å². The molecule has 3 aromatic rings. The average molecular weight is 553 g/mol. The summed E-state index contributed by atoms with van der Waals surface area (Å²) in [6, 6.07) is 14.7. The maximum Gasteiger partial charge on any atom is 0.238 e. The lowest BCUT2D eigenvalue weighted by molar-refractivity contribution is -0.131. The van der Waals surface area contributed by atoms with Crippen LogP contribution in [-0.2, 0) is 15.0 Å². The second-order valence-electron chi connectivity index (χ2n) is 10.2. The van der Waals surface area contributed by atoms with Crippen molar-refractivity contribution in [1.29, 1.82) is 0 Å². The Kier molecular flexibility index (Phi) is 6.33. The normalized spacial score (nSPS) is 24.8. The van der Waals surface area contributed by atoms with E-state index in [1.165, 1.54) is 12.1 Å². The smallest absolute Gasteiger partial charge is 0.238 e. The number of piperazine rings is 1. The van der Waals surface area contributed by atoms with Gasteiger partial charge in [-0.2, -0.15) is 0 Å². The van der Waals surface area contributed by atoms with Gasteiger partial charge in [-0.3, -0.25) is 9.59 Å². The van der Waals surface area contributed by atoms with Gasteiger partial charge in [-0.15, -0.1) is 0 Å². The van der Waals surface area contributed by atoms with E-state index in [1.807, 2.05) is 31.2 Å². The number of carbonyl (C=O) groups excluding carboxylic acids is 2. The van der Waals surface area contributed by atoms with Crippen molar-refractivity contribution in [2.75, 3.05) is 36.4 Å². The number of rotatable bonds is 3. The number of hydrogen-bond acceptors (Lipinski definition) is 4. The standard InChI is InChI=1S/C29H27Cl2FN4O2/c1-16-2-5-19(32)14-20(16)27-29(22-6-3-18(31)13-24(22)34-28(29)38)23(15-26(37)35-27)21-12-17(30)4-7-25(21)36-10-8-33-9-11-36/h2-7,12-14,23,27,33H,8-11,15H2,1H3,(H,34,38)(H,35,37)/t23-,27+,29-/m1/s1. The highest BCUT2D eigenvalue weighted by molar-refractivity contribution is 6.31. The van der Waals surface area contributed by atoms with Crippen molar-refractivity contribution in [3.8, 4) is 0 Å². The summed E-state index contributed by atoms with van der Waals surface area (Å²) >= 11 is 12.9. The summed E-state index contributed by atoms with van der Waals surface area (Å²) in [6.45, 7) is 5.08. The van der Waals surface area contributed by atoms with Gasteiger partial charge >= 0.3 is 0 Å². The second-order valence-corrected chi connectivity index (χ2v) is 11.1. The highest BCUT2D eigenvalue weighted by atomic mass is 35.5. The monoisotopic (exact) mass is 552 g/mol. The van der Waals surface area contributed by atoms with E-state index in [0.29, 0.717) is 21.3 Å². The third-order valence-electron chi connectivity index (χ3n) is 8.13. The van der Waals surface area contributed by atoms with Gasteiger partial charge in [0, 0.05) is 59.9 Å². The van der Waals surface area contributed by atoms with Crippen LogP contribution >= 0.6 is 23.2 Å². The number of nitrogens with one attached hydrogen (secondary N) is 3. The minimum atomic E-state index is -1.26. The Morgan fingerprint density at radius 2 is 1.68 bits per heavy atom. The predicted octanol–water partition coefficient (Wildman–Crippen LogP) is 5.09. The van der Waals surface area contributed by atoms with E-state index in [2.05, 4.69) is 20.9 Å². The van der Waals surface area contributed by atoms with Gasteiger partial charge in [0.05, 0.1) is 6.04 Å². The summed E-state index contributed by atoms with van der Waals surface area (Å²) in [4.78, 5) is 30.0. The SMILES string of the molecule is Cc1ccc(F)cc1[C@@H]1NC(=O)C[C@H](c2cc(Cl)ccc2N2CCNCC2)[C@@]12C(=O)Nc1cc(Cl)ccc12. The molecule has 38 heavy (non-hydrogen) atoms. The first-order valence-corrected chi connectivity index (χ1v) is 13.5. The summed E-state index contributed by atoms with van der Waals surface area (Å²) in [5, 5.41) is 10.5. The van der Waals surface area contributed by atoms with Gasteiger partial charge in [-0.1, -0.05) is 35.3 Å². The summed E-state index contributed by atoms with van der Waals surface area (Å²) in [5.74, 6) is -1.48. The largest absolute Gasteiger partial charge is 0.369 e. The maximum atomic E-state index is 14.6. The first-order valence-electron chi connectivity index (χ1n) is 12.7. The number of halogens is 3. The molecule has 0 saturated carbocycles. The number of aryl methyl sites for hydroxylation is 1. The molecule has 3 heterocycles. The van der Waals surface area contributed by atoms with Gasteiger partial charge < -0.3 is 20.9 Å². The molecule has 3 aliphatic heterocycles. The van der Waals surface area contributed by atoms with Gasteiger partial charge in [-0.25, -0.2) is 4.39 Å². The van der Waals surface area contributed by atoms with Crippen LogP contribution < -0.4 is 20.9 Å². The van der Waals surface area contributed by atoms with Gasteiger partial charge in [0.25, 0.3) is 0 Å². The van der Waals surface area contributed by atoms with Crippen molar-refractivity contribution in [2.24, 2.45) is 0 Å². The number of fused-ring (bicyclic) bond motifs is 2. The average Bonchev–Trinajstić information content (AvgIpc) is 3.18. The van der Waals surface area contributed by atoms with E-state index < -0.39 is 23.2 Å². The molecule has 0 aromatic heterocycles. The van der Waals surface area contributed by atoms with Crippen LogP contribution in [0.15, 0.2) is 54.6 Å². The Hall–Kier alpha value is -3.13. The Balaban J connectivity index is 1.64. The van der Waals surface area contributed by atoms with Crippen molar-refractivity contribution in [3.05, 3.63) is 92.7 Å². The highest BCUT2D eigenvalue weighted by Gasteiger charge is 2.61. The number of amides is 2. The predicted molar refractivity (Wildman–Crippen MR) is 148 cm³/mol. The molecule has 2 fully saturated rings. The number of anilines is 2. The fourth-order valence-corrected chi connectivity index (χ4v) is 6.79. The minimum Gasteiger partial charge on any atom is -0.369 e. The van der Waals surface area contributed by atoms with Crippen molar-refractivity contribution in [1.82, 2.24) is 10.6 Å². The molecule has 6 rings (SSSR count). The fraction of sp³-hybridized carbons (Fsp3) is 0.310. The zero-order chi connectivity index (χ0) is 26.6. The first-order chi connectivity index (χ1) is 18.3. The number of carbonyl (C=O) groups is 2. The summed E-state index contributed by atoms with van der Waals surface area (Å²) in [7, 11) is 0. The molecule has 1 spiro atoms. The molecule has 3 aliphatic rings. The van der Waals surface area contributed by atoms with Crippen LogP contribution in [-0.4, -0.2) is 38.0 Å². The van der Waals surface area contributed by atoms with Crippen LogP contribution in [0.25, 0.3) is 0 Å². The van der Waals surface area contributed by atoms with Crippen molar-refractivity contribution >= 4 is 46.4 Å². The van der Waals surface area contributed by atoms with E-state index in [0.717, 1.165) is 48.6 Å². The highest BCUT2D eigenvalue weighted by Crippen LogP contribution is 2.59. The molecule has 6 nitrogen and oxygen atoms in total. The van der Waals surface area contributed by atoms with Crippen LogP contribution in [0.5, 0.6) is 0 Å². The maximum absolute atomic E-state index is 14.6. The van der Waals surface area contributed by atoms with E-state index in [1.54, 1.807) is 18.2 Å². The lowest BCUT2D eigenvalue weighted by Crippen LogP contribution is -2.57. The number of nitrogens with zero attached hydrogens (tertiary/aromatic N) is 1. The molecule has 3 aromatic carbocycles. The summed E-state index contributed by atoms with van der Waals surface area (Å²) in [6.07, 6.45) is 0.0692. The Labute approximate surface area is 230 Å². The van der Waals surface area contributed by atoms with E-state index in [4.69, 9.17) is 23.2 Å². The molecule has 0 bridgehead atoms. The lowest BCUT2D eigenvalue weighted by atomic mass is 9.58. The van der Waals surface area contributed by atoms with Gasteiger partial charge in [0.1, 0.15) is 11.2 Å². The Morgan fingerprint density at radius 3 is 2.47 bits per heavy atom. The molecule has 196 valence electrons. The molecule has 0 unspecified atom stereocenters. The quantitative estimate of drug-likeness (QED) is 0.423. The molecule has 3 atom stereocenters. The second kappa shape index (κ2) is 9.56. The summed E-state index contributed by atoms with van der Waals surface area (Å²) in [5.41, 5.74) is 3.16. The molecule has 9 heteroatoms. The van der Waals surface area contributed by atoms with Crippen molar-refractivity contribution in [2.45, 2.75) is 30.7 Å². The molecule has 0 aliphatic carbocycles. The van der Waals surface area contributed by atoms with Crippen LogP contribution in [0.2, 0.25) is 10.0 Å². The fourth-order valence-electron chi connectivity index (χ4n) is 6.44. The van der Waals surface area contributed by atoms with Crippen LogP contribution in [0.1, 0.15) is 40.6 Å². The minimum absolute atomic E-state index is 0.0692. The number of piperidine rings is 1. The van der Waals surface area contributed by atoms with E-state index in [-0.39, 0.29) is 18.2 Å². The molecule has 3 N–H and O–H groups in total. The zero-order valence-electron chi connectivity index (χ0n) is 20.8. The van der Waals surface area contributed by atoms with Gasteiger partial charge in [0.15, 0.2) is 0 Å². The number of hydrogen-bond donors (Lipinski definition) is 3. The van der Waals surface area contributed by atoms with Crippen molar-refractivity contribution < 1.29 is 14.0 Å². The van der Waals surface area contributed by atoms with Gasteiger partial charge in [0.2, 0.25) is 11.8 Å². The summed E-state index contributed by atoms with van der Waals surface area (Å²) < 4.78 is 14.6. The van der Waals surface area contributed by atoms with E-state index in [9.17, 15) is 14.0 Å². The molecular weight excluding hydrogens is 526 g/mol. The third-order valence-corrected chi connectivity index (χ3v) is 8.60. The Bertz CT molecular complexity index is 1460. The first kappa shape index (κ1) is 25.2. The molecule has 2 saturated heterocycles. The third kappa shape index (κ3) is 3.96. The lowest BCUT2D eigenvalue weighted by Gasteiger charge is -2.47. The zero-order valence-corrected chi connectivity index (χ0v) is 22.3. The molecule has 2 amide bonds. The van der Waals surface area contributed by atoms with Crippen LogP contribution in [0.3, 0.4) is 0 Å². The van der Waals surface area contributed by atoms with Gasteiger partial charge in [-0.05, 0) is 71.6 Å². The van der Waals surface area contributed by atoms with Crippen LogP contribution in [0.4, 0.5) is 15.8 Å². The van der Waals surface area contributed by atoms with E-state index >= 15 is 0 Å².